The van der Waals surface area contributed by atoms with Crippen LogP contribution in [0.25, 0.3) is 29.1 Å². The van der Waals surface area contributed by atoms with E-state index in [0.29, 0.717) is 0 Å². The van der Waals surface area contributed by atoms with Gasteiger partial charge in [0.25, 0.3) is 0 Å². The molecule has 0 atom stereocenters. The Hall–Kier alpha value is -7.05. The summed E-state index contributed by atoms with van der Waals surface area (Å²) in [4.78, 5) is 23.3. The van der Waals surface area contributed by atoms with E-state index in [1.165, 1.54) is 100 Å². The smallest absolute Gasteiger partial charge is 0.194 e. The van der Waals surface area contributed by atoms with Crippen molar-refractivity contribution >= 4 is 34.1 Å². The van der Waals surface area contributed by atoms with Crippen molar-refractivity contribution in [3.05, 3.63) is 241 Å². The first-order valence-electron chi connectivity index (χ1n) is 44.1. The summed E-state index contributed by atoms with van der Waals surface area (Å²) in [5.41, 5.74) is 27.5. The zero-order valence-electron chi connectivity index (χ0n) is 88.0. The summed E-state index contributed by atoms with van der Waals surface area (Å²) >= 11 is 0. The second-order valence-corrected chi connectivity index (χ2v) is 52.7. The van der Waals surface area contributed by atoms with Crippen molar-refractivity contribution in [2.45, 2.75) is 471 Å². The van der Waals surface area contributed by atoms with Crippen molar-refractivity contribution in [2.75, 3.05) is 0 Å². The molecule has 0 amide bonds. The van der Waals surface area contributed by atoms with Crippen LogP contribution in [-0.4, -0.2) is 0 Å². The van der Waals surface area contributed by atoms with Crippen molar-refractivity contribution in [1.29, 1.82) is 0 Å². The van der Waals surface area contributed by atoms with Gasteiger partial charge in [-0.15, -0.1) is 0 Å². The van der Waals surface area contributed by atoms with Gasteiger partial charge in [-0.05, 0) is 198 Å². The van der Waals surface area contributed by atoms with Gasteiger partial charge in [-0.2, -0.15) is 0 Å². The van der Waals surface area contributed by atoms with Crippen LogP contribution in [0.3, 0.4) is 0 Å². The van der Waals surface area contributed by atoms with Crippen molar-refractivity contribution in [3.63, 3.8) is 0 Å². The number of nitrogens with zero attached hydrogens (tertiary/aromatic N) is 6. The van der Waals surface area contributed by atoms with E-state index in [4.69, 9.17) is 39.4 Å². The van der Waals surface area contributed by atoms with Gasteiger partial charge in [-0.1, -0.05) is 447 Å². The van der Waals surface area contributed by atoms with Gasteiger partial charge in [0.15, 0.2) is 34.1 Å². The van der Waals surface area contributed by atoms with Gasteiger partial charge in [-0.25, -0.2) is 29.1 Å². The molecule has 0 aliphatic rings. The van der Waals surface area contributed by atoms with Crippen LogP contribution in [0.15, 0.2) is 72.8 Å². The fourth-order valence-electron chi connectivity index (χ4n) is 14.0. The Morgan fingerprint density at radius 2 is 0.182 bits per heavy atom. The standard InChI is InChI=1S/6C19H29N.W/c6*1-17(2,3)13-11-14(18(4,5)6)16(20-10)15(12-13)19(7,8)9;/h6*11-12H,1-9H3;. The van der Waals surface area contributed by atoms with Gasteiger partial charge >= 0.3 is 0 Å². The van der Waals surface area contributed by atoms with Crippen LogP contribution in [-0.2, 0) is 119 Å². The fourth-order valence-corrected chi connectivity index (χ4v) is 14.0. The number of hydrogen-bond donors (Lipinski definition) is 0. The van der Waals surface area contributed by atoms with E-state index in [2.05, 4.69) is 476 Å². The molecule has 0 bridgehead atoms. The van der Waals surface area contributed by atoms with Crippen LogP contribution in [0.2, 0.25) is 0 Å². The van der Waals surface area contributed by atoms with Gasteiger partial charge in [0.2, 0.25) is 0 Å². The molecule has 0 saturated carbocycles. The maximum atomic E-state index is 7.64. The molecule has 6 aromatic carbocycles. The largest absolute Gasteiger partial charge is 0.238 e. The monoisotopic (exact) mass is 1810 g/mol. The summed E-state index contributed by atoms with van der Waals surface area (Å²) in [5, 5.41) is 0. The summed E-state index contributed by atoms with van der Waals surface area (Å²) in [6.07, 6.45) is 0. The molecule has 6 rings (SSSR count). The van der Waals surface area contributed by atoms with E-state index >= 15 is 0 Å². The Morgan fingerprint density at radius 1 is 0.124 bits per heavy atom. The molecule has 0 saturated heterocycles. The molecule has 7 heteroatoms. The topological polar surface area (TPSA) is 26.2 Å². The second kappa shape index (κ2) is 38.8. The minimum absolute atomic E-state index is 0. The molecule has 0 N–H and O–H groups in total. The molecule has 0 spiro atoms. The molecule has 666 valence electrons. The van der Waals surface area contributed by atoms with E-state index in [1.807, 2.05) is 0 Å². The summed E-state index contributed by atoms with van der Waals surface area (Å²) in [5.74, 6) is 0. The normalized spacial score (nSPS) is 13.1. The van der Waals surface area contributed by atoms with Crippen LogP contribution >= 0.6 is 0 Å². The summed E-state index contributed by atoms with van der Waals surface area (Å²) in [6.45, 7) is 165. The summed E-state index contributed by atoms with van der Waals surface area (Å²) < 4.78 is 0. The van der Waals surface area contributed by atoms with Crippen LogP contribution in [0.4, 0.5) is 34.1 Å². The van der Waals surface area contributed by atoms with Crippen LogP contribution in [0, 0.1) is 39.4 Å². The fraction of sp³-hybridized carbons (Fsp3) is 0.632. The molecule has 0 fully saturated rings. The molecule has 6 aromatic rings. The Labute approximate surface area is 762 Å². The summed E-state index contributed by atoms with van der Waals surface area (Å²) in [6, 6.07) is 26.9. The SMILES string of the molecule is [C-]#[N+]c1c(C(C)(C)C)cc(C(C)(C)C)cc1C(C)(C)C.[C-]#[N+]c1c(C(C)(C)C)cc(C(C)(C)C)cc1C(C)(C)C.[C-]#[N+]c1c(C(C)(C)C)cc(C(C)(C)C)cc1C(C)(C)C.[C-]#[N+]c1c(C(C)(C)C)cc(C(C)(C)C)cc1C(C)(C)C.[C-]#[N+]c1c(C(C)(C)C)cc(C(C)(C)C)cc1C(C)(C)C.[C-]#[N+]c1c(C(C)(C)C)cc(C(C)(C)C)cc1C(C)(C)C.[W]. The van der Waals surface area contributed by atoms with E-state index in [9.17, 15) is 0 Å². The van der Waals surface area contributed by atoms with Gasteiger partial charge in [-0.3, -0.25) is 0 Å². The zero-order chi connectivity index (χ0) is 95.6. The minimum atomic E-state index is -0.0128. The number of benzene rings is 6. The Kier molecular flexibility index (Phi) is 36.6. The van der Waals surface area contributed by atoms with E-state index < -0.39 is 0 Å². The molecule has 6 nitrogen and oxygen atoms in total. The molecular formula is C114H174N6W. The van der Waals surface area contributed by atoms with E-state index in [0.717, 1.165) is 34.1 Å². The third-order valence-electron chi connectivity index (χ3n) is 22.2. The maximum absolute atomic E-state index is 7.64. The first kappa shape index (κ1) is 114. The number of hydrogen-bond acceptors (Lipinski definition) is 0. The zero-order valence-corrected chi connectivity index (χ0v) is 91.0. The predicted molar refractivity (Wildman–Crippen MR) is 533 cm³/mol. The third kappa shape index (κ3) is 31.8. The maximum Gasteiger partial charge on any atom is 0.194 e. The Balaban J connectivity index is 0.00000143. The molecule has 0 aliphatic heterocycles. The molecule has 121 heavy (non-hydrogen) atoms. The minimum Gasteiger partial charge on any atom is -0.238 e. The van der Waals surface area contributed by atoms with Crippen molar-refractivity contribution in [1.82, 2.24) is 0 Å². The molecule has 0 radical (unpaired) electrons. The average molecular weight is 1810 g/mol. The van der Waals surface area contributed by atoms with Crippen molar-refractivity contribution < 1.29 is 21.1 Å². The Bertz CT molecular complexity index is 3820. The van der Waals surface area contributed by atoms with Gasteiger partial charge < -0.3 is 0 Å². The van der Waals surface area contributed by atoms with Crippen LogP contribution in [0.1, 0.15) is 474 Å². The van der Waals surface area contributed by atoms with Gasteiger partial charge in [0, 0.05) is 21.1 Å². The second-order valence-electron chi connectivity index (χ2n) is 52.7. The Morgan fingerprint density at radius 3 is 0.215 bits per heavy atom. The van der Waals surface area contributed by atoms with Crippen LogP contribution in [0.5, 0.6) is 0 Å². The van der Waals surface area contributed by atoms with E-state index in [1.54, 1.807) is 0 Å². The first-order valence-corrected chi connectivity index (χ1v) is 44.1. The molecule has 0 heterocycles. The van der Waals surface area contributed by atoms with Gasteiger partial charge in [0.05, 0.1) is 39.4 Å². The molecule has 0 unspecified atom stereocenters. The van der Waals surface area contributed by atoms with Gasteiger partial charge in [0.1, 0.15) is 0 Å². The van der Waals surface area contributed by atoms with Crippen LogP contribution < -0.4 is 0 Å². The van der Waals surface area contributed by atoms with Crippen molar-refractivity contribution in [3.8, 4) is 0 Å². The summed E-state index contributed by atoms with van der Waals surface area (Å²) in [7, 11) is 0. The average Bonchev–Trinajstić information content (AvgIpc) is 0.798. The molecule has 0 aliphatic carbocycles. The first-order chi connectivity index (χ1) is 52.7. The third-order valence-corrected chi connectivity index (χ3v) is 22.2. The predicted octanol–water partition coefficient (Wildman–Crippen LogP) is 36.8. The van der Waals surface area contributed by atoms with Crippen molar-refractivity contribution in [2.24, 2.45) is 0 Å². The molecular weight excluding hydrogens is 1640 g/mol. The van der Waals surface area contributed by atoms with E-state index in [-0.39, 0.29) is 119 Å². The molecule has 0 aromatic heterocycles. The quantitative estimate of drug-likeness (QED) is 0.136. The number of rotatable bonds is 0.